The lowest BCUT2D eigenvalue weighted by atomic mass is 10.1. The fourth-order valence-electron chi connectivity index (χ4n) is 3.38. The minimum atomic E-state index is -0.178. The summed E-state index contributed by atoms with van der Waals surface area (Å²) in [6.45, 7) is 1.02. The van der Waals surface area contributed by atoms with Gasteiger partial charge in [-0.15, -0.1) is 0 Å². The molecule has 1 aliphatic carbocycles. The summed E-state index contributed by atoms with van der Waals surface area (Å²) in [5.74, 6) is 0.792. The average Bonchev–Trinajstić information content (AvgIpc) is 3.20. The average molecular weight is 308 g/mol. The lowest BCUT2D eigenvalue weighted by molar-refractivity contribution is 0.580. The number of fused-ring (bicyclic) bond motifs is 1. The number of hydrogen-bond acceptors (Lipinski definition) is 3. The molecule has 118 valence electrons. The SMILES string of the molecule is O=c1[nH]c2ccc(-c3cncc(NCC4CCCC4)c3)cc2[nH]1. The Balaban J connectivity index is 1.57. The third kappa shape index (κ3) is 2.99. The number of aromatic nitrogens is 3. The molecule has 0 saturated heterocycles. The Hall–Kier alpha value is -2.56. The normalized spacial score (nSPS) is 15.3. The van der Waals surface area contributed by atoms with Crippen LogP contribution in [-0.2, 0) is 0 Å². The number of imidazole rings is 1. The Morgan fingerprint density at radius 3 is 2.74 bits per heavy atom. The fraction of sp³-hybridized carbons (Fsp3) is 0.333. The number of benzene rings is 1. The number of aromatic amines is 2. The van der Waals surface area contributed by atoms with E-state index in [1.165, 1.54) is 25.7 Å². The molecule has 0 aliphatic heterocycles. The summed E-state index contributed by atoms with van der Waals surface area (Å²) in [5.41, 5.74) is 4.61. The largest absolute Gasteiger partial charge is 0.384 e. The van der Waals surface area contributed by atoms with Gasteiger partial charge in [0.15, 0.2) is 0 Å². The van der Waals surface area contributed by atoms with Crippen LogP contribution in [0.25, 0.3) is 22.2 Å². The minimum absolute atomic E-state index is 0.178. The van der Waals surface area contributed by atoms with Crippen molar-refractivity contribution in [2.75, 3.05) is 11.9 Å². The first-order valence-corrected chi connectivity index (χ1v) is 8.19. The first-order chi connectivity index (χ1) is 11.3. The van der Waals surface area contributed by atoms with Crippen LogP contribution in [0.1, 0.15) is 25.7 Å². The van der Waals surface area contributed by atoms with Gasteiger partial charge in [-0.25, -0.2) is 4.79 Å². The van der Waals surface area contributed by atoms with Gasteiger partial charge in [0.1, 0.15) is 0 Å². The minimum Gasteiger partial charge on any atom is -0.384 e. The van der Waals surface area contributed by atoms with Crippen molar-refractivity contribution in [2.24, 2.45) is 5.92 Å². The number of nitrogens with zero attached hydrogens (tertiary/aromatic N) is 1. The topological polar surface area (TPSA) is 73.6 Å². The van der Waals surface area contributed by atoms with Gasteiger partial charge in [0.25, 0.3) is 0 Å². The maximum Gasteiger partial charge on any atom is 0.323 e. The van der Waals surface area contributed by atoms with Gasteiger partial charge < -0.3 is 15.3 Å². The van der Waals surface area contributed by atoms with Crippen molar-refractivity contribution in [2.45, 2.75) is 25.7 Å². The third-order valence-electron chi connectivity index (χ3n) is 4.66. The molecule has 4 rings (SSSR count). The lowest BCUT2D eigenvalue weighted by Crippen LogP contribution is -2.11. The number of hydrogen-bond donors (Lipinski definition) is 3. The van der Waals surface area contributed by atoms with Gasteiger partial charge in [-0.05, 0) is 42.5 Å². The molecule has 1 saturated carbocycles. The van der Waals surface area contributed by atoms with Crippen molar-refractivity contribution in [1.29, 1.82) is 0 Å². The van der Waals surface area contributed by atoms with E-state index < -0.39 is 0 Å². The number of anilines is 1. The maximum atomic E-state index is 11.4. The summed E-state index contributed by atoms with van der Waals surface area (Å²) >= 11 is 0. The highest BCUT2D eigenvalue weighted by Gasteiger charge is 2.14. The molecule has 5 heteroatoms. The standard InChI is InChI=1S/C18H20N4O/c23-18-21-16-6-5-13(8-17(16)22-18)14-7-15(11-19-10-14)20-9-12-3-1-2-4-12/h5-8,10-12,20H,1-4,9H2,(H2,21,22,23). The highest BCUT2D eigenvalue weighted by atomic mass is 16.1. The van der Waals surface area contributed by atoms with Crippen LogP contribution in [0, 0.1) is 5.92 Å². The molecule has 0 amide bonds. The van der Waals surface area contributed by atoms with Crippen molar-refractivity contribution < 1.29 is 0 Å². The van der Waals surface area contributed by atoms with E-state index in [9.17, 15) is 4.79 Å². The van der Waals surface area contributed by atoms with Gasteiger partial charge in [0, 0.05) is 24.5 Å². The summed E-state index contributed by atoms with van der Waals surface area (Å²) in [4.78, 5) is 21.3. The maximum absolute atomic E-state index is 11.4. The fourth-order valence-corrected chi connectivity index (χ4v) is 3.38. The summed E-state index contributed by atoms with van der Waals surface area (Å²) in [7, 11) is 0. The molecule has 2 aromatic heterocycles. The number of nitrogens with one attached hydrogen (secondary N) is 3. The second-order valence-electron chi connectivity index (χ2n) is 6.33. The van der Waals surface area contributed by atoms with E-state index in [0.29, 0.717) is 0 Å². The van der Waals surface area contributed by atoms with Crippen LogP contribution in [0.3, 0.4) is 0 Å². The zero-order valence-corrected chi connectivity index (χ0v) is 12.9. The van der Waals surface area contributed by atoms with Crippen molar-refractivity contribution in [1.82, 2.24) is 15.0 Å². The van der Waals surface area contributed by atoms with E-state index in [2.05, 4.69) is 26.3 Å². The van der Waals surface area contributed by atoms with E-state index >= 15 is 0 Å². The molecule has 2 heterocycles. The van der Waals surface area contributed by atoms with Crippen molar-refractivity contribution >= 4 is 16.7 Å². The third-order valence-corrected chi connectivity index (χ3v) is 4.66. The summed E-state index contributed by atoms with van der Waals surface area (Å²) in [6.07, 6.45) is 9.11. The quantitative estimate of drug-likeness (QED) is 0.690. The number of pyridine rings is 1. The monoisotopic (exact) mass is 308 g/mol. The van der Waals surface area contributed by atoms with Crippen LogP contribution in [-0.4, -0.2) is 21.5 Å². The smallest absolute Gasteiger partial charge is 0.323 e. The van der Waals surface area contributed by atoms with Crippen molar-refractivity contribution in [3.63, 3.8) is 0 Å². The highest BCUT2D eigenvalue weighted by Crippen LogP contribution is 2.27. The zero-order valence-electron chi connectivity index (χ0n) is 12.9. The molecule has 3 N–H and O–H groups in total. The first kappa shape index (κ1) is 14.1. The predicted octanol–water partition coefficient (Wildman–Crippen LogP) is 3.52. The molecule has 0 radical (unpaired) electrons. The Labute approximate surface area is 134 Å². The van der Waals surface area contributed by atoms with Crippen LogP contribution in [0.5, 0.6) is 0 Å². The molecule has 1 aliphatic rings. The van der Waals surface area contributed by atoms with E-state index in [1.807, 2.05) is 30.6 Å². The van der Waals surface area contributed by atoms with Crippen molar-refractivity contribution in [3.8, 4) is 11.1 Å². The molecule has 23 heavy (non-hydrogen) atoms. The Bertz CT molecular complexity index is 874. The van der Waals surface area contributed by atoms with E-state index in [4.69, 9.17) is 0 Å². The molecule has 5 nitrogen and oxygen atoms in total. The van der Waals surface area contributed by atoms with Crippen LogP contribution in [0.2, 0.25) is 0 Å². The number of rotatable bonds is 4. The molecular weight excluding hydrogens is 288 g/mol. The Morgan fingerprint density at radius 1 is 1.04 bits per heavy atom. The Kier molecular flexibility index (Phi) is 3.61. The van der Waals surface area contributed by atoms with Gasteiger partial charge in [0.2, 0.25) is 0 Å². The van der Waals surface area contributed by atoms with E-state index in [1.54, 1.807) is 0 Å². The molecule has 0 atom stereocenters. The lowest BCUT2D eigenvalue weighted by Gasteiger charge is -2.12. The summed E-state index contributed by atoms with van der Waals surface area (Å²) in [6, 6.07) is 8.02. The highest BCUT2D eigenvalue weighted by molar-refractivity contribution is 5.81. The van der Waals surface area contributed by atoms with Gasteiger partial charge in [-0.1, -0.05) is 18.9 Å². The van der Waals surface area contributed by atoms with Crippen LogP contribution in [0.15, 0.2) is 41.5 Å². The molecule has 1 aromatic carbocycles. The van der Waals surface area contributed by atoms with Gasteiger partial charge in [-0.3, -0.25) is 4.98 Å². The van der Waals surface area contributed by atoms with E-state index in [-0.39, 0.29) is 5.69 Å². The molecule has 1 fully saturated rings. The second kappa shape index (κ2) is 5.91. The van der Waals surface area contributed by atoms with Crippen LogP contribution >= 0.6 is 0 Å². The second-order valence-corrected chi connectivity index (χ2v) is 6.33. The predicted molar refractivity (Wildman–Crippen MR) is 92.6 cm³/mol. The van der Waals surface area contributed by atoms with Crippen LogP contribution < -0.4 is 11.0 Å². The van der Waals surface area contributed by atoms with Crippen molar-refractivity contribution in [3.05, 3.63) is 47.1 Å². The Morgan fingerprint density at radius 2 is 1.87 bits per heavy atom. The molecule has 3 aromatic rings. The summed E-state index contributed by atoms with van der Waals surface area (Å²) < 4.78 is 0. The number of H-pyrrole nitrogens is 2. The summed E-state index contributed by atoms with van der Waals surface area (Å²) in [5, 5.41) is 3.51. The van der Waals surface area contributed by atoms with Gasteiger partial charge in [0.05, 0.1) is 16.7 Å². The molecular formula is C18H20N4O. The molecule has 0 bridgehead atoms. The van der Waals surface area contributed by atoms with E-state index in [0.717, 1.165) is 40.3 Å². The van der Waals surface area contributed by atoms with Crippen LogP contribution in [0.4, 0.5) is 5.69 Å². The zero-order chi connectivity index (χ0) is 15.6. The first-order valence-electron chi connectivity index (χ1n) is 8.19. The molecule has 0 unspecified atom stereocenters. The van der Waals surface area contributed by atoms with Gasteiger partial charge >= 0.3 is 5.69 Å². The van der Waals surface area contributed by atoms with Gasteiger partial charge in [-0.2, -0.15) is 0 Å². The molecule has 0 spiro atoms.